The minimum absolute atomic E-state index is 0.910. The third kappa shape index (κ3) is 6.29. The van der Waals surface area contributed by atoms with Crippen LogP contribution in [0.1, 0.15) is 5.56 Å². The zero-order valence-corrected chi connectivity index (χ0v) is 15.4. The Kier molecular flexibility index (Phi) is 6.98. The van der Waals surface area contributed by atoms with Crippen molar-refractivity contribution in [1.82, 2.24) is 0 Å². The van der Waals surface area contributed by atoms with Crippen molar-refractivity contribution >= 4 is 34.3 Å². The van der Waals surface area contributed by atoms with Gasteiger partial charge < -0.3 is 0 Å². The van der Waals surface area contributed by atoms with E-state index < -0.39 is 0 Å². The van der Waals surface area contributed by atoms with Crippen LogP contribution in [-0.2, 0) is 5.75 Å². The zero-order valence-electron chi connectivity index (χ0n) is 13.8. The highest BCUT2D eigenvalue weighted by Crippen LogP contribution is 2.22. The SMILES string of the molecule is C(=CC(=Nc1ccccc1)SCc1ccccc1)Sc1ccccc1. The van der Waals surface area contributed by atoms with Gasteiger partial charge in [0.15, 0.2) is 0 Å². The predicted octanol–water partition coefficient (Wildman–Crippen LogP) is 6.96. The van der Waals surface area contributed by atoms with Crippen molar-refractivity contribution < 1.29 is 0 Å². The van der Waals surface area contributed by atoms with Crippen LogP contribution in [0.2, 0.25) is 0 Å². The van der Waals surface area contributed by atoms with Crippen molar-refractivity contribution in [3.05, 3.63) is 108 Å². The Hall–Kier alpha value is -2.23. The van der Waals surface area contributed by atoms with Crippen LogP contribution >= 0.6 is 23.5 Å². The molecule has 3 rings (SSSR count). The second-order valence-corrected chi connectivity index (χ2v) is 7.27. The van der Waals surface area contributed by atoms with Gasteiger partial charge in [0.1, 0.15) is 0 Å². The van der Waals surface area contributed by atoms with Gasteiger partial charge in [-0.15, -0.1) is 11.8 Å². The fourth-order valence-electron chi connectivity index (χ4n) is 2.15. The van der Waals surface area contributed by atoms with Gasteiger partial charge in [-0.25, -0.2) is 4.99 Å². The summed E-state index contributed by atoms with van der Waals surface area (Å²) >= 11 is 3.46. The molecule has 3 aromatic carbocycles. The molecule has 0 heterocycles. The number of hydrogen-bond donors (Lipinski definition) is 0. The van der Waals surface area contributed by atoms with E-state index in [-0.39, 0.29) is 0 Å². The van der Waals surface area contributed by atoms with Gasteiger partial charge in [0.2, 0.25) is 0 Å². The molecule has 0 aromatic heterocycles. The smallest absolute Gasteiger partial charge is 0.0975 e. The van der Waals surface area contributed by atoms with E-state index in [0.717, 1.165) is 16.5 Å². The van der Waals surface area contributed by atoms with Crippen molar-refractivity contribution in [2.75, 3.05) is 0 Å². The van der Waals surface area contributed by atoms with Gasteiger partial charge in [0.25, 0.3) is 0 Å². The molecule has 0 amide bonds. The lowest BCUT2D eigenvalue weighted by molar-refractivity contribution is 1.42. The normalized spacial score (nSPS) is 11.8. The summed E-state index contributed by atoms with van der Waals surface area (Å²) in [6.45, 7) is 0. The van der Waals surface area contributed by atoms with Crippen LogP contribution in [0.3, 0.4) is 0 Å². The van der Waals surface area contributed by atoms with E-state index in [1.165, 1.54) is 10.5 Å². The number of thioether (sulfide) groups is 2. The molecular formula is C22H19NS2. The standard InChI is InChI=1S/C22H19NS2/c1-4-10-19(11-5-1)18-25-22(23-20-12-6-2-7-13-20)16-17-24-21-14-8-3-9-15-21/h1-17H,18H2. The summed E-state index contributed by atoms with van der Waals surface area (Å²) in [5, 5.41) is 3.12. The molecule has 0 saturated heterocycles. The van der Waals surface area contributed by atoms with Gasteiger partial charge in [-0.1, -0.05) is 78.5 Å². The highest BCUT2D eigenvalue weighted by Gasteiger charge is 1.99. The Labute approximate surface area is 157 Å². The van der Waals surface area contributed by atoms with E-state index >= 15 is 0 Å². The first kappa shape index (κ1) is 17.6. The number of para-hydroxylation sites is 1. The van der Waals surface area contributed by atoms with Crippen molar-refractivity contribution in [1.29, 1.82) is 0 Å². The Morgan fingerprint density at radius 1 is 0.760 bits per heavy atom. The number of benzene rings is 3. The van der Waals surface area contributed by atoms with Crippen LogP contribution in [0.15, 0.2) is 112 Å². The monoisotopic (exact) mass is 361 g/mol. The fourth-order valence-corrected chi connectivity index (χ4v) is 3.74. The van der Waals surface area contributed by atoms with E-state index in [2.05, 4.69) is 60.0 Å². The fraction of sp³-hybridized carbons (Fsp3) is 0.0455. The number of rotatable bonds is 6. The van der Waals surface area contributed by atoms with Crippen LogP contribution in [-0.4, -0.2) is 5.04 Å². The molecule has 0 atom stereocenters. The first-order chi connectivity index (χ1) is 12.4. The molecule has 3 heteroatoms. The summed E-state index contributed by atoms with van der Waals surface area (Å²) < 4.78 is 0. The minimum Gasteiger partial charge on any atom is -0.242 e. The predicted molar refractivity (Wildman–Crippen MR) is 113 cm³/mol. The summed E-state index contributed by atoms with van der Waals surface area (Å²) in [6, 6.07) is 31.0. The Balaban J connectivity index is 1.71. The van der Waals surface area contributed by atoms with Crippen LogP contribution in [0.4, 0.5) is 5.69 Å². The van der Waals surface area contributed by atoms with Crippen LogP contribution in [0, 0.1) is 0 Å². The summed E-state index contributed by atoms with van der Waals surface area (Å²) in [7, 11) is 0. The Morgan fingerprint density at radius 3 is 2.04 bits per heavy atom. The number of aliphatic imine (C=N–C) groups is 1. The highest BCUT2D eigenvalue weighted by molar-refractivity contribution is 8.13. The molecule has 0 unspecified atom stereocenters. The Bertz CT molecular complexity index is 812. The van der Waals surface area contributed by atoms with Gasteiger partial charge in [-0.2, -0.15) is 0 Å². The lowest BCUT2D eigenvalue weighted by Crippen LogP contribution is -1.88. The third-order valence-corrected chi connectivity index (χ3v) is 5.20. The minimum atomic E-state index is 0.910. The first-order valence-electron chi connectivity index (χ1n) is 8.09. The van der Waals surface area contributed by atoms with E-state index in [4.69, 9.17) is 4.99 Å². The zero-order chi connectivity index (χ0) is 17.2. The molecule has 0 N–H and O–H groups in total. The van der Waals surface area contributed by atoms with E-state index in [0.29, 0.717) is 0 Å². The van der Waals surface area contributed by atoms with Crippen LogP contribution < -0.4 is 0 Å². The molecule has 3 aromatic rings. The van der Waals surface area contributed by atoms with Gasteiger partial charge in [0.05, 0.1) is 10.7 Å². The van der Waals surface area contributed by atoms with Crippen LogP contribution in [0.25, 0.3) is 0 Å². The van der Waals surface area contributed by atoms with Gasteiger partial charge in [-0.3, -0.25) is 0 Å². The van der Waals surface area contributed by atoms with Gasteiger partial charge in [0, 0.05) is 10.6 Å². The Morgan fingerprint density at radius 2 is 1.36 bits per heavy atom. The summed E-state index contributed by atoms with van der Waals surface area (Å²) in [5.74, 6) is 0.910. The molecule has 0 aliphatic heterocycles. The second kappa shape index (κ2) is 9.92. The molecule has 0 spiro atoms. The number of nitrogens with zero attached hydrogens (tertiary/aromatic N) is 1. The van der Waals surface area contributed by atoms with Crippen LogP contribution in [0.5, 0.6) is 0 Å². The van der Waals surface area contributed by atoms with Crippen molar-refractivity contribution in [3.8, 4) is 0 Å². The molecule has 0 bridgehead atoms. The molecule has 0 aliphatic rings. The lowest BCUT2D eigenvalue weighted by atomic mass is 10.2. The maximum atomic E-state index is 4.78. The lowest BCUT2D eigenvalue weighted by Gasteiger charge is -2.03. The number of hydrogen-bond acceptors (Lipinski definition) is 3. The molecule has 0 saturated carbocycles. The van der Waals surface area contributed by atoms with E-state index in [9.17, 15) is 0 Å². The van der Waals surface area contributed by atoms with E-state index in [1.807, 2.05) is 42.5 Å². The highest BCUT2D eigenvalue weighted by atomic mass is 32.2. The maximum Gasteiger partial charge on any atom is 0.0975 e. The molecule has 0 radical (unpaired) electrons. The van der Waals surface area contributed by atoms with Crippen molar-refractivity contribution in [2.24, 2.45) is 4.99 Å². The van der Waals surface area contributed by atoms with E-state index in [1.54, 1.807) is 23.5 Å². The maximum absolute atomic E-state index is 4.78. The average molecular weight is 362 g/mol. The molecule has 25 heavy (non-hydrogen) atoms. The second-order valence-electron chi connectivity index (χ2n) is 5.29. The third-order valence-electron chi connectivity index (χ3n) is 3.38. The summed E-state index contributed by atoms with van der Waals surface area (Å²) in [4.78, 5) is 6.01. The molecule has 124 valence electrons. The first-order valence-corrected chi connectivity index (χ1v) is 9.95. The van der Waals surface area contributed by atoms with Gasteiger partial charge >= 0.3 is 0 Å². The van der Waals surface area contributed by atoms with Crippen molar-refractivity contribution in [3.63, 3.8) is 0 Å². The average Bonchev–Trinajstić information content (AvgIpc) is 2.68. The quantitative estimate of drug-likeness (QED) is 0.267. The molecule has 0 fully saturated rings. The largest absolute Gasteiger partial charge is 0.242 e. The summed E-state index contributed by atoms with van der Waals surface area (Å²) in [5.41, 5.74) is 2.28. The molecular weight excluding hydrogens is 342 g/mol. The van der Waals surface area contributed by atoms with Gasteiger partial charge in [-0.05, 0) is 41.3 Å². The van der Waals surface area contributed by atoms with Crippen molar-refractivity contribution in [2.45, 2.75) is 10.6 Å². The molecule has 1 nitrogen and oxygen atoms in total. The topological polar surface area (TPSA) is 12.4 Å². The molecule has 0 aliphatic carbocycles. The summed E-state index contributed by atoms with van der Waals surface area (Å²) in [6.07, 6.45) is 2.10.